The zero-order chi connectivity index (χ0) is 12.6. The number of halogens is 3. The molecule has 1 aromatic heterocycles. The molecule has 6 heteroatoms. The first-order valence-corrected chi connectivity index (χ1v) is 5.98. The predicted octanol–water partition coefficient (Wildman–Crippen LogP) is 3.63. The Morgan fingerprint density at radius 1 is 1.24 bits per heavy atom. The normalized spacial score (nSPS) is 10.9. The van der Waals surface area contributed by atoms with Crippen molar-refractivity contribution in [2.75, 3.05) is 0 Å². The summed E-state index contributed by atoms with van der Waals surface area (Å²) in [6.45, 7) is 1.64. The molecule has 2 rings (SSSR count). The van der Waals surface area contributed by atoms with E-state index in [9.17, 15) is 5.11 Å². The molecule has 0 bridgehead atoms. The summed E-state index contributed by atoms with van der Waals surface area (Å²) in [6.07, 6.45) is 0. The van der Waals surface area contributed by atoms with Crippen LogP contribution in [0.3, 0.4) is 0 Å². The number of aryl methyl sites for hydroxylation is 1. The maximum atomic E-state index is 9.17. The number of hydrogen-bond acceptors (Lipinski definition) is 2. The summed E-state index contributed by atoms with van der Waals surface area (Å²) in [7, 11) is 0. The van der Waals surface area contributed by atoms with E-state index < -0.39 is 0 Å². The molecular formula is C11H9Cl3N2O. The lowest BCUT2D eigenvalue weighted by atomic mass is 10.3. The standard InChI is InChI=1S/C11H9Cl3N2O/c1-6-8(5-17)11(14)16(15-6)7-2-3-9(12)10(13)4-7/h2-4,17H,5H2,1H3. The number of aliphatic hydroxyl groups excluding tert-OH is 1. The minimum absolute atomic E-state index is 0.147. The average molecular weight is 292 g/mol. The van der Waals surface area contributed by atoms with Crippen molar-refractivity contribution < 1.29 is 5.11 Å². The first-order chi connectivity index (χ1) is 8.04. The van der Waals surface area contributed by atoms with E-state index in [2.05, 4.69) is 5.10 Å². The van der Waals surface area contributed by atoms with Gasteiger partial charge in [0.15, 0.2) is 0 Å². The molecule has 0 unspecified atom stereocenters. The van der Waals surface area contributed by atoms with Gasteiger partial charge in [-0.3, -0.25) is 0 Å². The molecule has 0 saturated carbocycles. The van der Waals surface area contributed by atoms with Crippen LogP contribution in [0.2, 0.25) is 15.2 Å². The Morgan fingerprint density at radius 2 is 1.94 bits per heavy atom. The summed E-state index contributed by atoms with van der Waals surface area (Å²) in [5.74, 6) is 0. The van der Waals surface area contributed by atoms with Crippen LogP contribution in [0, 0.1) is 6.92 Å². The Bertz CT molecular complexity index is 566. The average Bonchev–Trinajstić information content (AvgIpc) is 2.58. The van der Waals surface area contributed by atoms with Crippen molar-refractivity contribution in [2.45, 2.75) is 13.5 Å². The van der Waals surface area contributed by atoms with Gasteiger partial charge in [-0.15, -0.1) is 0 Å². The van der Waals surface area contributed by atoms with Crippen LogP contribution in [0.1, 0.15) is 11.3 Å². The van der Waals surface area contributed by atoms with Crippen molar-refractivity contribution in [3.8, 4) is 5.69 Å². The van der Waals surface area contributed by atoms with E-state index in [0.717, 1.165) is 0 Å². The molecule has 90 valence electrons. The first-order valence-electron chi connectivity index (χ1n) is 4.85. The van der Waals surface area contributed by atoms with Crippen molar-refractivity contribution in [2.24, 2.45) is 0 Å². The van der Waals surface area contributed by atoms with Gasteiger partial charge in [0, 0.05) is 5.56 Å². The van der Waals surface area contributed by atoms with Crippen LogP contribution >= 0.6 is 34.8 Å². The minimum atomic E-state index is -0.147. The predicted molar refractivity (Wildman–Crippen MR) is 69.3 cm³/mol. The summed E-state index contributed by atoms with van der Waals surface area (Å²) in [4.78, 5) is 0. The van der Waals surface area contributed by atoms with E-state index >= 15 is 0 Å². The van der Waals surface area contributed by atoms with Crippen molar-refractivity contribution in [1.29, 1.82) is 0 Å². The van der Waals surface area contributed by atoms with E-state index in [4.69, 9.17) is 34.8 Å². The van der Waals surface area contributed by atoms with E-state index in [1.165, 1.54) is 4.68 Å². The highest BCUT2D eigenvalue weighted by Gasteiger charge is 2.14. The van der Waals surface area contributed by atoms with Crippen LogP contribution in [0.5, 0.6) is 0 Å². The SMILES string of the molecule is Cc1nn(-c2ccc(Cl)c(Cl)c2)c(Cl)c1CO. The first kappa shape index (κ1) is 12.7. The van der Waals surface area contributed by atoms with Crippen LogP contribution < -0.4 is 0 Å². The van der Waals surface area contributed by atoms with Gasteiger partial charge < -0.3 is 5.11 Å². The molecule has 2 aromatic rings. The smallest absolute Gasteiger partial charge is 0.138 e. The highest BCUT2D eigenvalue weighted by atomic mass is 35.5. The summed E-state index contributed by atoms with van der Waals surface area (Å²) >= 11 is 17.9. The molecule has 0 atom stereocenters. The third-order valence-electron chi connectivity index (χ3n) is 2.43. The molecular weight excluding hydrogens is 282 g/mol. The fourth-order valence-electron chi connectivity index (χ4n) is 1.50. The fourth-order valence-corrected chi connectivity index (χ4v) is 2.12. The van der Waals surface area contributed by atoms with Gasteiger partial charge in [-0.2, -0.15) is 5.10 Å². The monoisotopic (exact) mass is 290 g/mol. The highest BCUT2D eigenvalue weighted by molar-refractivity contribution is 6.42. The molecule has 3 nitrogen and oxygen atoms in total. The molecule has 0 spiro atoms. The Hall–Kier alpha value is -0.740. The Morgan fingerprint density at radius 3 is 2.47 bits per heavy atom. The van der Waals surface area contributed by atoms with Crippen LogP contribution in [-0.4, -0.2) is 14.9 Å². The second kappa shape index (κ2) is 4.86. The fraction of sp³-hybridized carbons (Fsp3) is 0.182. The zero-order valence-corrected chi connectivity index (χ0v) is 11.2. The van der Waals surface area contributed by atoms with Crippen molar-refractivity contribution in [3.05, 3.63) is 44.7 Å². The van der Waals surface area contributed by atoms with Crippen LogP contribution in [-0.2, 0) is 6.61 Å². The minimum Gasteiger partial charge on any atom is -0.391 e. The van der Waals surface area contributed by atoms with Gasteiger partial charge in [-0.05, 0) is 25.1 Å². The number of aliphatic hydroxyl groups is 1. The number of aromatic nitrogens is 2. The largest absolute Gasteiger partial charge is 0.391 e. The van der Waals surface area contributed by atoms with Crippen LogP contribution in [0.15, 0.2) is 18.2 Å². The second-order valence-electron chi connectivity index (χ2n) is 3.52. The molecule has 0 amide bonds. The van der Waals surface area contributed by atoms with E-state index in [1.54, 1.807) is 25.1 Å². The lowest BCUT2D eigenvalue weighted by Gasteiger charge is -2.04. The number of benzene rings is 1. The lowest BCUT2D eigenvalue weighted by Crippen LogP contribution is -1.96. The van der Waals surface area contributed by atoms with Crippen LogP contribution in [0.25, 0.3) is 5.69 Å². The summed E-state index contributed by atoms with van der Waals surface area (Å²) in [5.41, 5.74) is 1.99. The Balaban J connectivity index is 2.57. The molecule has 0 radical (unpaired) electrons. The van der Waals surface area contributed by atoms with Crippen molar-refractivity contribution in [3.63, 3.8) is 0 Å². The molecule has 0 aliphatic rings. The molecule has 0 aliphatic carbocycles. The van der Waals surface area contributed by atoms with Crippen molar-refractivity contribution in [1.82, 2.24) is 9.78 Å². The third-order valence-corrected chi connectivity index (χ3v) is 3.55. The van der Waals surface area contributed by atoms with Gasteiger partial charge in [0.05, 0.1) is 28.0 Å². The summed E-state index contributed by atoms with van der Waals surface area (Å²) in [6, 6.07) is 5.10. The van der Waals surface area contributed by atoms with E-state index in [0.29, 0.717) is 32.1 Å². The highest BCUT2D eigenvalue weighted by Crippen LogP contribution is 2.28. The van der Waals surface area contributed by atoms with Gasteiger partial charge in [0.1, 0.15) is 5.15 Å². The Kier molecular flexibility index (Phi) is 3.64. The number of nitrogens with zero attached hydrogens (tertiary/aromatic N) is 2. The number of hydrogen-bond donors (Lipinski definition) is 1. The molecule has 17 heavy (non-hydrogen) atoms. The van der Waals surface area contributed by atoms with Gasteiger partial charge in [0.25, 0.3) is 0 Å². The second-order valence-corrected chi connectivity index (χ2v) is 4.70. The summed E-state index contributed by atoms with van der Waals surface area (Å²) < 4.78 is 1.52. The van der Waals surface area contributed by atoms with Crippen molar-refractivity contribution >= 4 is 34.8 Å². The van der Waals surface area contributed by atoms with Gasteiger partial charge in [-0.1, -0.05) is 34.8 Å². The topological polar surface area (TPSA) is 38.0 Å². The summed E-state index contributed by atoms with van der Waals surface area (Å²) in [5, 5.41) is 14.7. The Labute approximate surface area is 114 Å². The maximum Gasteiger partial charge on any atom is 0.138 e. The quantitative estimate of drug-likeness (QED) is 0.917. The molecule has 0 fully saturated rings. The number of rotatable bonds is 2. The van der Waals surface area contributed by atoms with Gasteiger partial charge in [0.2, 0.25) is 0 Å². The van der Waals surface area contributed by atoms with Crippen LogP contribution in [0.4, 0.5) is 0 Å². The molecule has 0 saturated heterocycles. The zero-order valence-electron chi connectivity index (χ0n) is 8.91. The molecule has 1 aromatic carbocycles. The van der Waals surface area contributed by atoms with Gasteiger partial charge in [-0.25, -0.2) is 4.68 Å². The van der Waals surface area contributed by atoms with E-state index in [-0.39, 0.29) is 6.61 Å². The molecule has 1 heterocycles. The van der Waals surface area contributed by atoms with Gasteiger partial charge >= 0.3 is 0 Å². The lowest BCUT2D eigenvalue weighted by molar-refractivity contribution is 0.281. The molecule has 1 N–H and O–H groups in total. The maximum absolute atomic E-state index is 9.17. The third kappa shape index (κ3) is 2.29. The molecule has 0 aliphatic heterocycles. The van der Waals surface area contributed by atoms with E-state index in [1.807, 2.05) is 0 Å².